The SMILES string of the molecule is Cc1ncsc1-c1nccnc1[C@H]1CCCN(S(=O)(=O)N(C)C)C1. The van der Waals surface area contributed by atoms with E-state index in [0.29, 0.717) is 13.1 Å². The molecule has 1 atom stereocenters. The molecule has 3 heterocycles. The van der Waals surface area contributed by atoms with E-state index in [4.69, 9.17) is 0 Å². The zero-order valence-corrected chi connectivity index (χ0v) is 15.6. The Kier molecular flexibility index (Phi) is 4.95. The number of aromatic nitrogens is 3. The number of rotatable bonds is 4. The number of hydrogen-bond donors (Lipinski definition) is 0. The summed E-state index contributed by atoms with van der Waals surface area (Å²) in [6.07, 6.45) is 5.07. The lowest BCUT2D eigenvalue weighted by Crippen LogP contribution is -2.45. The third-order valence-corrected chi connectivity index (χ3v) is 7.09. The van der Waals surface area contributed by atoms with E-state index in [9.17, 15) is 8.42 Å². The van der Waals surface area contributed by atoms with Gasteiger partial charge in [-0.05, 0) is 19.8 Å². The molecule has 1 aliphatic rings. The average molecular weight is 368 g/mol. The van der Waals surface area contributed by atoms with E-state index in [1.165, 1.54) is 15.6 Å². The summed E-state index contributed by atoms with van der Waals surface area (Å²) in [6, 6.07) is 0. The molecule has 0 radical (unpaired) electrons. The maximum absolute atomic E-state index is 12.4. The van der Waals surface area contributed by atoms with Gasteiger partial charge in [0.15, 0.2) is 0 Å². The lowest BCUT2D eigenvalue weighted by molar-refractivity contribution is 0.296. The molecule has 0 aromatic carbocycles. The molecular weight excluding hydrogens is 346 g/mol. The Bertz CT molecular complexity index is 819. The molecule has 0 spiro atoms. The van der Waals surface area contributed by atoms with E-state index in [1.807, 2.05) is 6.92 Å². The first-order chi connectivity index (χ1) is 11.4. The first kappa shape index (κ1) is 17.4. The van der Waals surface area contributed by atoms with Crippen molar-refractivity contribution in [2.45, 2.75) is 25.7 Å². The molecule has 0 unspecified atom stereocenters. The molecular formula is C15H21N5O2S2. The Hall–Kier alpha value is -1.42. The van der Waals surface area contributed by atoms with Crippen molar-refractivity contribution in [3.63, 3.8) is 0 Å². The van der Waals surface area contributed by atoms with Gasteiger partial charge in [-0.3, -0.25) is 9.97 Å². The molecule has 130 valence electrons. The highest BCUT2D eigenvalue weighted by molar-refractivity contribution is 7.86. The molecule has 7 nitrogen and oxygen atoms in total. The summed E-state index contributed by atoms with van der Waals surface area (Å²) < 4.78 is 27.7. The third-order valence-electron chi connectivity index (χ3n) is 4.25. The van der Waals surface area contributed by atoms with Gasteiger partial charge in [0.05, 0.1) is 21.8 Å². The van der Waals surface area contributed by atoms with E-state index < -0.39 is 10.2 Å². The van der Waals surface area contributed by atoms with Crippen LogP contribution in [0.3, 0.4) is 0 Å². The predicted octanol–water partition coefficient (Wildman–Crippen LogP) is 1.89. The molecule has 0 N–H and O–H groups in total. The van der Waals surface area contributed by atoms with E-state index in [2.05, 4.69) is 15.0 Å². The Morgan fingerprint density at radius 3 is 2.67 bits per heavy atom. The Labute approximate surface area is 146 Å². The van der Waals surface area contributed by atoms with Gasteiger partial charge < -0.3 is 0 Å². The fraction of sp³-hybridized carbons (Fsp3) is 0.533. The first-order valence-corrected chi connectivity index (χ1v) is 10.1. The smallest absolute Gasteiger partial charge is 0.257 e. The highest BCUT2D eigenvalue weighted by Gasteiger charge is 2.33. The Morgan fingerprint density at radius 1 is 1.25 bits per heavy atom. The summed E-state index contributed by atoms with van der Waals surface area (Å²) in [4.78, 5) is 14.4. The van der Waals surface area contributed by atoms with E-state index in [0.717, 1.165) is 34.8 Å². The normalized spacial score (nSPS) is 19.8. The summed E-state index contributed by atoms with van der Waals surface area (Å²) >= 11 is 1.54. The molecule has 1 aliphatic heterocycles. The number of nitrogens with zero attached hydrogens (tertiary/aromatic N) is 5. The van der Waals surface area contributed by atoms with Crippen LogP contribution in [0.5, 0.6) is 0 Å². The molecule has 24 heavy (non-hydrogen) atoms. The van der Waals surface area contributed by atoms with Crippen molar-refractivity contribution in [2.75, 3.05) is 27.2 Å². The number of hydrogen-bond acceptors (Lipinski definition) is 6. The monoisotopic (exact) mass is 367 g/mol. The van der Waals surface area contributed by atoms with Crippen LogP contribution in [0.2, 0.25) is 0 Å². The zero-order valence-electron chi connectivity index (χ0n) is 14.0. The van der Waals surface area contributed by atoms with Crippen LogP contribution in [-0.4, -0.2) is 59.2 Å². The van der Waals surface area contributed by atoms with Crippen LogP contribution in [0, 0.1) is 6.92 Å². The van der Waals surface area contributed by atoms with Crippen molar-refractivity contribution in [1.82, 2.24) is 23.6 Å². The number of thiazole rings is 1. The Balaban J connectivity index is 1.94. The summed E-state index contributed by atoms with van der Waals surface area (Å²) in [5.41, 5.74) is 4.41. The second kappa shape index (κ2) is 6.83. The fourth-order valence-corrected chi connectivity index (χ4v) is 4.96. The van der Waals surface area contributed by atoms with Crippen molar-refractivity contribution in [1.29, 1.82) is 0 Å². The van der Waals surface area contributed by atoms with Crippen LogP contribution in [0.4, 0.5) is 0 Å². The summed E-state index contributed by atoms with van der Waals surface area (Å²) in [7, 11) is -0.281. The molecule has 0 saturated carbocycles. The van der Waals surface area contributed by atoms with Crippen molar-refractivity contribution < 1.29 is 8.42 Å². The number of aryl methyl sites for hydroxylation is 1. The molecule has 9 heteroatoms. The molecule has 2 aromatic rings. The summed E-state index contributed by atoms with van der Waals surface area (Å²) in [5, 5.41) is 0. The highest BCUT2D eigenvalue weighted by atomic mass is 32.2. The Morgan fingerprint density at radius 2 is 2.00 bits per heavy atom. The topological polar surface area (TPSA) is 79.3 Å². The van der Waals surface area contributed by atoms with Gasteiger partial charge in [-0.25, -0.2) is 4.98 Å². The van der Waals surface area contributed by atoms with Crippen molar-refractivity contribution in [3.8, 4) is 10.6 Å². The minimum atomic E-state index is -3.41. The zero-order chi connectivity index (χ0) is 17.3. The van der Waals surface area contributed by atoms with Crippen LogP contribution >= 0.6 is 11.3 Å². The van der Waals surface area contributed by atoms with Crippen LogP contribution in [0.25, 0.3) is 10.6 Å². The van der Waals surface area contributed by atoms with Crippen molar-refractivity contribution >= 4 is 21.5 Å². The quantitative estimate of drug-likeness (QED) is 0.824. The average Bonchev–Trinajstić information content (AvgIpc) is 3.00. The summed E-state index contributed by atoms with van der Waals surface area (Å²) in [6.45, 7) is 2.93. The highest BCUT2D eigenvalue weighted by Crippen LogP contribution is 2.35. The minimum absolute atomic E-state index is 0.0404. The van der Waals surface area contributed by atoms with Gasteiger partial charge in [-0.2, -0.15) is 17.0 Å². The second-order valence-electron chi connectivity index (χ2n) is 6.04. The molecule has 0 amide bonds. The van der Waals surface area contributed by atoms with E-state index in [1.54, 1.807) is 36.3 Å². The van der Waals surface area contributed by atoms with E-state index >= 15 is 0 Å². The molecule has 1 fully saturated rings. The number of piperidine rings is 1. The van der Waals surface area contributed by atoms with Crippen LogP contribution in [-0.2, 0) is 10.2 Å². The first-order valence-electron chi connectivity index (χ1n) is 7.80. The van der Waals surface area contributed by atoms with Gasteiger partial charge in [0.25, 0.3) is 10.2 Å². The maximum Gasteiger partial charge on any atom is 0.281 e. The van der Waals surface area contributed by atoms with E-state index in [-0.39, 0.29) is 5.92 Å². The molecule has 0 bridgehead atoms. The summed E-state index contributed by atoms with van der Waals surface area (Å²) in [5.74, 6) is 0.0404. The molecule has 2 aromatic heterocycles. The van der Waals surface area contributed by atoms with Crippen molar-refractivity contribution in [2.24, 2.45) is 0 Å². The lowest BCUT2D eigenvalue weighted by atomic mass is 9.94. The van der Waals surface area contributed by atoms with Crippen LogP contribution in [0.15, 0.2) is 17.9 Å². The lowest BCUT2D eigenvalue weighted by Gasteiger charge is -2.33. The largest absolute Gasteiger partial charge is 0.281 e. The van der Waals surface area contributed by atoms with Gasteiger partial charge in [-0.1, -0.05) is 0 Å². The fourth-order valence-electron chi connectivity index (χ4n) is 2.96. The predicted molar refractivity (Wildman–Crippen MR) is 94.0 cm³/mol. The van der Waals surface area contributed by atoms with Gasteiger partial charge in [0, 0.05) is 45.5 Å². The molecule has 1 saturated heterocycles. The molecule has 3 rings (SSSR count). The maximum atomic E-state index is 12.4. The second-order valence-corrected chi connectivity index (χ2v) is 9.04. The van der Waals surface area contributed by atoms with Gasteiger partial charge in [0.1, 0.15) is 5.69 Å². The van der Waals surface area contributed by atoms with Crippen LogP contribution in [0.1, 0.15) is 30.1 Å². The third kappa shape index (κ3) is 3.21. The standard InChI is InChI=1S/C15H21N5O2S2/c1-11-15(23-10-18-11)14-13(16-6-7-17-14)12-5-4-8-20(9-12)24(21,22)19(2)3/h6-7,10,12H,4-5,8-9H2,1-3H3/t12-/m0/s1. The van der Waals surface area contributed by atoms with Gasteiger partial charge in [0.2, 0.25) is 0 Å². The minimum Gasteiger partial charge on any atom is -0.257 e. The van der Waals surface area contributed by atoms with Crippen LogP contribution < -0.4 is 0 Å². The molecule has 0 aliphatic carbocycles. The van der Waals surface area contributed by atoms with Crippen molar-refractivity contribution in [3.05, 3.63) is 29.3 Å². The van der Waals surface area contributed by atoms with Gasteiger partial charge in [-0.15, -0.1) is 11.3 Å². The van der Waals surface area contributed by atoms with Gasteiger partial charge >= 0.3 is 0 Å².